The number of rotatable bonds is 8. The molecule has 0 amide bonds. The number of benzene rings is 1. The molecule has 0 aliphatic carbocycles. The van der Waals surface area contributed by atoms with Crippen LogP contribution in [0.3, 0.4) is 0 Å². The van der Waals surface area contributed by atoms with Gasteiger partial charge in [-0.3, -0.25) is 9.79 Å². The predicted octanol–water partition coefficient (Wildman–Crippen LogP) is 5.63. The topological polar surface area (TPSA) is 65.5 Å². The van der Waals surface area contributed by atoms with Crippen molar-refractivity contribution in [2.75, 3.05) is 0 Å². The molecule has 4 nitrogen and oxygen atoms in total. The highest BCUT2D eigenvalue weighted by atomic mass is 16.4. The summed E-state index contributed by atoms with van der Waals surface area (Å²) in [5.74, 6) is -0.792. The van der Waals surface area contributed by atoms with Crippen LogP contribution in [0.5, 0.6) is 0 Å². The van der Waals surface area contributed by atoms with Crippen molar-refractivity contribution in [1.29, 1.82) is 0 Å². The monoisotopic (exact) mass is 362 g/mol. The van der Waals surface area contributed by atoms with Crippen molar-refractivity contribution in [2.24, 2.45) is 4.99 Å². The number of unbranched alkanes of at least 4 members (excludes halogenated alkanes) is 1. The molecule has 0 saturated heterocycles. The molecule has 2 heterocycles. The van der Waals surface area contributed by atoms with Crippen molar-refractivity contribution in [2.45, 2.75) is 46.0 Å². The summed E-state index contributed by atoms with van der Waals surface area (Å²) < 4.78 is 0. The van der Waals surface area contributed by atoms with Gasteiger partial charge in [0.1, 0.15) is 0 Å². The van der Waals surface area contributed by atoms with E-state index in [-0.39, 0.29) is 6.42 Å². The number of aromatic amines is 1. The Labute approximate surface area is 160 Å². The Kier molecular flexibility index (Phi) is 6.07. The fraction of sp³-hybridized carbons (Fsp3) is 0.304. The van der Waals surface area contributed by atoms with E-state index < -0.39 is 5.97 Å². The molecule has 0 saturated carbocycles. The summed E-state index contributed by atoms with van der Waals surface area (Å²) in [4.78, 5) is 19.0. The van der Waals surface area contributed by atoms with Crippen LogP contribution < -0.4 is 0 Å². The van der Waals surface area contributed by atoms with Crippen LogP contribution in [0.1, 0.15) is 50.8 Å². The Balaban J connectivity index is 1.90. The first kappa shape index (κ1) is 18.9. The zero-order valence-corrected chi connectivity index (χ0v) is 16.0. The molecule has 0 atom stereocenters. The van der Waals surface area contributed by atoms with E-state index >= 15 is 0 Å². The average molecular weight is 362 g/mol. The van der Waals surface area contributed by atoms with Crippen LogP contribution in [-0.4, -0.2) is 21.8 Å². The SMILES string of the molecule is CCCCc1cc(-c2ccccc2)[nH]c1/C=C1\N=C(CCC(=O)O)C=C1C. The van der Waals surface area contributed by atoms with Gasteiger partial charge in [0.2, 0.25) is 0 Å². The number of hydrogen-bond acceptors (Lipinski definition) is 2. The molecule has 1 aliphatic heterocycles. The Hall–Kier alpha value is -2.88. The van der Waals surface area contributed by atoms with Gasteiger partial charge >= 0.3 is 5.97 Å². The lowest BCUT2D eigenvalue weighted by molar-refractivity contribution is -0.136. The summed E-state index contributed by atoms with van der Waals surface area (Å²) in [6.45, 7) is 4.22. The summed E-state index contributed by atoms with van der Waals surface area (Å²) in [7, 11) is 0. The summed E-state index contributed by atoms with van der Waals surface area (Å²) in [6.07, 6.45) is 7.98. The standard InChI is InChI=1S/C23H26N2O2/c1-3-4-8-18-14-21(17-9-6-5-7-10-17)25-22(18)15-20-16(2)13-19(24-20)11-12-23(26)27/h5-7,9-10,13-15,25H,3-4,8,11-12H2,1-2H3,(H,26,27)/b20-15-. The van der Waals surface area contributed by atoms with Crippen molar-refractivity contribution in [1.82, 2.24) is 4.98 Å². The molecule has 1 aromatic heterocycles. The van der Waals surface area contributed by atoms with Gasteiger partial charge in [-0.2, -0.15) is 0 Å². The zero-order chi connectivity index (χ0) is 19.2. The normalized spacial score (nSPS) is 15.1. The Morgan fingerprint density at radius 3 is 2.70 bits per heavy atom. The zero-order valence-electron chi connectivity index (χ0n) is 16.0. The van der Waals surface area contributed by atoms with E-state index in [1.54, 1.807) is 0 Å². The minimum atomic E-state index is -0.792. The van der Waals surface area contributed by atoms with Crippen molar-refractivity contribution in [3.8, 4) is 11.3 Å². The Morgan fingerprint density at radius 2 is 2.00 bits per heavy atom. The summed E-state index contributed by atoms with van der Waals surface area (Å²) in [5, 5.41) is 8.88. The van der Waals surface area contributed by atoms with Gasteiger partial charge in [0.25, 0.3) is 0 Å². The highest BCUT2D eigenvalue weighted by Crippen LogP contribution is 2.28. The quantitative estimate of drug-likeness (QED) is 0.639. The number of H-pyrrole nitrogens is 1. The van der Waals surface area contributed by atoms with Crippen LogP contribution in [0.4, 0.5) is 0 Å². The fourth-order valence-electron chi connectivity index (χ4n) is 3.23. The molecule has 2 aromatic rings. The fourth-order valence-corrected chi connectivity index (χ4v) is 3.23. The van der Waals surface area contributed by atoms with Crippen molar-refractivity contribution >= 4 is 17.8 Å². The number of hydrogen-bond donors (Lipinski definition) is 2. The smallest absolute Gasteiger partial charge is 0.303 e. The molecule has 1 aromatic carbocycles. The molecule has 0 fully saturated rings. The van der Waals surface area contributed by atoms with E-state index in [0.29, 0.717) is 6.42 Å². The van der Waals surface area contributed by atoms with Gasteiger partial charge < -0.3 is 10.1 Å². The Bertz CT molecular complexity index is 902. The maximum Gasteiger partial charge on any atom is 0.303 e. The second-order valence-electron chi connectivity index (χ2n) is 6.95. The maximum absolute atomic E-state index is 10.8. The lowest BCUT2D eigenvalue weighted by atomic mass is 10.1. The van der Waals surface area contributed by atoms with E-state index in [1.165, 1.54) is 11.1 Å². The third kappa shape index (κ3) is 4.85. The van der Waals surface area contributed by atoms with Crippen LogP contribution in [0.25, 0.3) is 17.3 Å². The van der Waals surface area contributed by atoms with Crippen molar-refractivity contribution in [3.63, 3.8) is 0 Å². The summed E-state index contributed by atoms with van der Waals surface area (Å²) in [6, 6.07) is 12.6. The lowest BCUT2D eigenvalue weighted by Gasteiger charge is -2.01. The number of aryl methyl sites for hydroxylation is 1. The van der Waals surface area contributed by atoms with Crippen LogP contribution >= 0.6 is 0 Å². The number of carboxylic acid groups (broad SMARTS) is 1. The molecular formula is C23H26N2O2. The molecule has 0 unspecified atom stereocenters. The average Bonchev–Trinajstić information content (AvgIpc) is 3.23. The predicted molar refractivity (Wildman–Crippen MR) is 111 cm³/mol. The van der Waals surface area contributed by atoms with Crippen LogP contribution in [-0.2, 0) is 11.2 Å². The van der Waals surface area contributed by atoms with E-state index in [0.717, 1.165) is 47.6 Å². The van der Waals surface area contributed by atoms with Crippen LogP contribution in [0, 0.1) is 0 Å². The maximum atomic E-state index is 10.8. The highest BCUT2D eigenvalue weighted by Gasteiger charge is 2.14. The van der Waals surface area contributed by atoms with Crippen LogP contribution in [0.15, 0.2) is 58.7 Å². The second kappa shape index (κ2) is 8.67. The van der Waals surface area contributed by atoms with Crippen molar-refractivity contribution in [3.05, 3.63) is 65.0 Å². The summed E-state index contributed by atoms with van der Waals surface area (Å²) >= 11 is 0. The van der Waals surface area contributed by atoms with Gasteiger partial charge in [-0.1, -0.05) is 43.7 Å². The summed E-state index contributed by atoms with van der Waals surface area (Å²) in [5.41, 5.74) is 7.50. The molecule has 3 rings (SSSR count). The molecule has 0 spiro atoms. The van der Waals surface area contributed by atoms with Crippen molar-refractivity contribution < 1.29 is 9.90 Å². The third-order valence-electron chi connectivity index (χ3n) is 4.75. The first-order valence-electron chi connectivity index (χ1n) is 9.54. The van der Waals surface area contributed by atoms with E-state index in [2.05, 4.69) is 41.2 Å². The van der Waals surface area contributed by atoms with E-state index in [4.69, 9.17) is 5.11 Å². The van der Waals surface area contributed by atoms with E-state index in [1.807, 2.05) is 31.2 Å². The number of aliphatic carboxylic acids is 1. The van der Waals surface area contributed by atoms with Gasteiger partial charge in [-0.25, -0.2) is 0 Å². The van der Waals surface area contributed by atoms with E-state index in [9.17, 15) is 4.79 Å². The molecule has 0 radical (unpaired) electrons. The minimum Gasteiger partial charge on any atom is -0.481 e. The number of nitrogens with zero attached hydrogens (tertiary/aromatic N) is 1. The van der Waals surface area contributed by atoms with Gasteiger partial charge in [0, 0.05) is 23.5 Å². The van der Waals surface area contributed by atoms with Gasteiger partial charge in [0.05, 0.1) is 12.1 Å². The third-order valence-corrected chi connectivity index (χ3v) is 4.75. The molecular weight excluding hydrogens is 336 g/mol. The number of carbonyl (C=O) groups is 1. The molecule has 2 N–H and O–H groups in total. The number of carboxylic acids is 1. The molecule has 4 heteroatoms. The van der Waals surface area contributed by atoms with Gasteiger partial charge in [-0.15, -0.1) is 0 Å². The number of nitrogens with one attached hydrogen (secondary N) is 1. The minimum absolute atomic E-state index is 0.109. The second-order valence-corrected chi connectivity index (χ2v) is 6.95. The highest BCUT2D eigenvalue weighted by molar-refractivity contribution is 6.01. The van der Waals surface area contributed by atoms with Crippen LogP contribution in [0.2, 0.25) is 0 Å². The first-order chi connectivity index (χ1) is 13.1. The first-order valence-corrected chi connectivity index (χ1v) is 9.54. The number of aliphatic imine (C=N–C) groups is 1. The molecule has 0 bridgehead atoms. The lowest BCUT2D eigenvalue weighted by Crippen LogP contribution is -1.99. The largest absolute Gasteiger partial charge is 0.481 e. The molecule has 27 heavy (non-hydrogen) atoms. The number of aromatic nitrogens is 1. The Morgan fingerprint density at radius 1 is 1.22 bits per heavy atom. The number of allylic oxidation sites excluding steroid dienone is 2. The van der Waals surface area contributed by atoms with Gasteiger partial charge in [-0.05, 0) is 54.7 Å². The molecule has 1 aliphatic rings. The van der Waals surface area contributed by atoms with Gasteiger partial charge in [0.15, 0.2) is 0 Å². The molecule has 140 valence electrons.